The lowest BCUT2D eigenvalue weighted by atomic mass is 9.95. The van der Waals surface area contributed by atoms with Gasteiger partial charge in [0.25, 0.3) is 0 Å². The number of amidine groups is 1. The van der Waals surface area contributed by atoms with Crippen molar-refractivity contribution in [2.45, 2.75) is 38.6 Å². The van der Waals surface area contributed by atoms with Crippen molar-refractivity contribution in [1.29, 1.82) is 5.41 Å². The van der Waals surface area contributed by atoms with Crippen LogP contribution < -0.4 is 5.73 Å². The number of aryl methyl sites for hydroxylation is 1. The Kier molecular flexibility index (Phi) is 4.24. The zero-order valence-electron chi connectivity index (χ0n) is 14.9. The molecule has 2 aliphatic rings. The number of nitrogen functional groups attached to an aromatic ring is 1. The van der Waals surface area contributed by atoms with E-state index in [0.29, 0.717) is 17.8 Å². The van der Waals surface area contributed by atoms with Crippen LogP contribution in [0, 0.1) is 24.2 Å². The third-order valence-corrected chi connectivity index (χ3v) is 5.79. The van der Waals surface area contributed by atoms with Gasteiger partial charge < -0.3 is 10.6 Å². The van der Waals surface area contributed by atoms with Crippen molar-refractivity contribution in [1.82, 2.24) is 4.90 Å². The van der Waals surface area contributed by atoms with Gasteiger partial charge in [0.1, 0.15) is 5.84 Å². The Hall–Kier alpha value is -2.29. The van der Waals surface area contributed by atoms with Crippen molar-refractivity contribution < 1.29 is 0 Å². The lowest BCUT2D eigenvalue weighted by molar-refractivity contribution is 0.351. The minimum absolute atomic E-state index is 0.514. The highest BCUT2D eigenvalue weighted by Gasteiger charge is 2.43. The second-order valence-electron chi connectivity index (χ2n) is 7.74. The summed E-state index contributed by atoms with van der Waals surface area (Å²) in [7, 11) is 0. The standard InChI is InChI=1S/C22H27N3/c1-15-6-5-9-19(23)21(15)22(24)25-14-17(13-20(25)18-10-11-18)12-16-7-3-2-4-8-16/h2-9,17-18,20,24H,10-14,23H2,1H3. The number of hydrogen-bond acceptors (Lipinski definition) is 2. The third kappa shape index (κ3) is 3.28. The SMILES string of the molecule is Cc1cccc(N)c1C(=N)N1CC(Cc2ccccc2)CC1C1CC1. The smallest absolute Gasteiger partial charge is 0.130 e. The number of nitrogens with one attached hydrogen (secondary N) is 1. The van der Waals surface area contributed by atoms with Crippen LogP contribution in [0.25, 0.3) is 0 Å². The predicted octanol–water partition coefficient (Wildman–Crippen LogP) is 4.25. The van der Waals surface area contributed by atoms with Gasteiger partial charge in [-0.25, -0.2) is 0 Å². The van der Waals surface area contributed by atoms with Crippen LogP contribution >= 0.6 is 0 Å². The topological polar surface area (TPSA) is 53.1 Å². The van der Waals surface area contributed by atoms with Crippen LogP contribution in [0.15, 0.2) is 48.5 Å². The van der Waals surface area contributed by atoms with Gasteiger partial charge in [-0.1, -0.05) is 42.5 Å². The molecule has 4 rings (SSSR count). The van der Waals surface area contributed by atoms with E-state index in [0.717, 1.165) is 35.7 Å². The summed E-state index contributed by atoms with van der Waals surface area (Å²) in [5, 5.41) is 8.88. The lowest BCUT2D eigenvalue weighted by Crippen LogP contribution is -2.37. The molecule has 2 fully saturated rings. The van der Waals surface area contributed by atoms with E-state index in [9.17, 15) is 0 Å². The van der Waals surface area contributed by atoms with Crippen LogP contribution in [0.4, 0.5) is 5.69 Å². The highest BCUT2D eigenvalue weighted by atomic mass is 15.2. The average Bonchev–Trinajstić information content (AvgIpc) is 3.36. The molecule has 2 atom stereocenters. The molecule has 0 spiro atoms. The van der Waals surface area contributed by atoms with E-state index in [-0.39, 0.29) is 0 Å². The fourth-order valence-corrected chi connectivity index (χ4v) is 4.39. The van der Waals surface area contributed by atoms with E-state index < -0.39 is 0 Å². The first-order chi connectivity index (χ1) is 12.1. The summed E-state index contributed by atoms with van der Waals surface area (Å²) >= 11 is 0. The monoisotopic (exact) mass is 333 g/mol. The molecule has 3 nitrogen and oxygen atoms in total. The molecular formula is C22H27N3. The fourth-order valence-electron chi connectivity index (χ4n) is 4.39. The number of rotatable bonds is 4. The molecule has 1 saturated carbocycles. The highest BCUT2D eigenvalue weighted by Crippen LogP contribution is 2.43. The summed E-state index contributed by atoms with van der Waals surface area (Å²) in [5.74, 6) is 2.02. The molecule has 2 aromatic rings. The van der Waals surface area contributed by atoms with Gasteiger partial charge in [0.2, 0.25) is 0 Å². The van der Waals surface area contributed by atoms with E-state index in [1.54, 1.807) is 0 Å². The Labute approximate surface area is 150 Å². The lowest BCUT2D eigenvalue weighted by Gasteiger charge is -2.28. The van der Waals surface area contributed by atoms with Gasteiger partial charge in [-0.3, -0.25) is 5.41 Å². The first kappa shape index (κ1) is 16.2. The van der Waals surface area contributed by atoms with Gasteiger partial charge in [-0.15, -0.1) is 0 Å². The van der Waals surface area contributed by atoms with Crippen molar-refractivity contribution >= 4 is 11.5 Å². The average molecular weight is 333 g/mol. The van der Waals surface area contributed by atoms with Crippen LogP contribution in [-0.4, -0.2) is 23.3 Å². The van der Waals surface area contributed by atoms with Crippen molar-refractivity contribution in [2.75, 3.05) is 12.3 Å². The molecular weight excluding hydrogens is 306 g/mol. The molecule has 0 aromatic heterocycles. The Balaban J connectivity index is 1.56. The molecule has 0 amide bonds. The summed E-state index contributed by atoms with van der Waals surface area (Å²) in [5.41, 5.74) is 10.4. The first-order valence-electron chi connectivity index (χ1n) is 9.38. The number of likely N-dealkylation sites (tertiary alicyclic amines) is 1. The largest absolute Gasteiger partial charge is 0.398 e. The number of nitrogens with zero attached hydrogens (tertiary/aromatic N) is 1. The van der Waals surface area contributed by atoms with E-state index in [2.05, 4.69) is 48.2 Å². The summed E-state index contributed by atoms with van der Waals surface area (Å²) in [6.45, 7) is 3.03. The summed E-state index contributed by atoms with van der Waals surface area (Å²) in [6, 6.07) is 17.2. The molecule has 1 heterocycles. The van der Waals surface area contributed by atoms with E-state index >= 15 is 0 Å². The zero-order valence-corrected chi connectivity index (χ0v) is 14.9. The minimum Gasteiger partial charge on any atom is -0.398 e. The predicted molar refractivity (Wildman–Crippen MR) is 104 cm³/mol. The maximum absolute atomic E-state index is 8.88. The van der Waals surface area contributed by atoms with Gasteiger partial charge >= 0.3 is 0 Å². The van der Waals surface area contributed by atoms with Crippen LogP contribution in [-0.2, 0) is 6.42 Å². The van der Waals surface area contributed by atoms with Crippen molar-refractivity contribution in [3.05, 3.63) is 65.2 Å². The Bertz CT molecular complexity index is 744. The van der Waals surface area contributed by atoms with Gasteiger partial charge in [0.15, 0.2) is 0 Å². The van der Waals surface area contributed by atoms with Crippen LogP contribution in [0.5, 0.6) is 0 Å². The molecule has 1 aliphatic carbocycles. The maximum atomic E-state index is 8.88. The van der Waals surface area contributed by atoms with Gasteiger partial charge in [0.05, 0.1) is 0 Å². The third-order valence-electron chi connectivity index (χ3n) is 5.79. The van der Waals surface area contributed by atoms with Crippen molar-refractivity contribution in [3.8, 4) is 0 Å². The fraction of sp³-hybridized carbons (Fsp3) is 0.409. The minimum atomic E-state index is 0.514. The Morgan fingerprint density at radius 2 is 1.88 bits per heavy atom. The van der Waals surface area contributed by atoms with E-state index in [4.69, 9.17) is 11.1 Å². The second-order valence-corrected chi connectivity index (χ2v) is 7.74. The number of hydrogen-bond donors (Lipinski definition) is 2. The summed E-state index contributed by atoms with van der Waals surface area (Å²) < 4.78 is 0. The molecule has 1 saturated heterocycles. The van der Waals surface area contributed by atoms with Gasteiger partial charge in [0, 0.05) is 23.8 Å². The van der Waals surface area contributed by atoms with Crippen LogP contribution in [0.3, 0.4) is 0 Å². The molecule has 1 aliphatic heterocycles. The second kappa shape index (κ2) is 6.55. The molecule has 3 N–H and O–H groups in total. The zero-order chi connectivity index (χ0) is 17.4. The molecule has 2 aromatic carbocycles. The van der Waals surface area contributed by atoms with Gasteiger partial charge in [-0.05, 0) is 61.6 Å². The summed E-state index contributed by atoms with van der Waals surface area (Å²) in [6.07, 6.45) is 4.94. The first-order valence-corrected chi connectivity index (χ1v) is 9.38. The Morgan fingerprint density at radius 3 is 2.56 bits per heavy atom. The molecule has 2 unspecified atom stereocenters. The van der Waals surface area contributed by atoms with Crippen LogP contribution in [0.1, 0.15) is 36.0 Å². The maximum Gasteiger partial charge on any atom is 0.130 e. The Morgan fingerprint density at radius 1 is 1.12 bits per heavy atom. The number of nitrogens with two attached hydrogens (primary N) is 1. The van der Waals surface area contributed by atoms with Gasteiger partial charge in [-0.2, -0.15) is 0 Å². The van der Waals surface area contributed by atoms with Crippen molar-refractivity contribution in [2.24, 2.45) is 11.8 Å². The highest BCUT2D eigenvalue weighted by molar-refractivity contribution is 6.02. The normalized spacial score (nSPS) is 23.0. The van der Waals surface area contributed by atoms with Crippen molar-refractivity contribution in [3.63, 3.8) is 0 Å². The summed E-state index contributed by atoms with van der Waals surface area (Å²) in [4.78, 5) is 2.35. The number of anilines is 1. The molecule has 3 heteroatoms. The van der Waals surface area contributed by atoms with E-state index in [1.807, 2.05) is 12.1 Å². The van der Waals surface area contributed by atoms with E-state index in [1.165, 1.54) is 24.8 Å². The van der Waals surface area contributed by atoms with Crippen LogP contribution in [0.2, 0.25) is 0 Å². The molecule has 0 bridgehead atoms. The number of benzene rings is 2. The molecule has 130 valence electrons. The molecule has 0 radical (unpaired) electrons. The molecule has 25 heavy (non-hydrogen) atoms. The quantitative estimate of drug-likeness (QED) is 0.499.